The molecule has 0 saturated carbocycles. The molecule has 0 aromatic carbocycles. The molecule has 0 amide bonds. The fraction of sp³-hybridized carbons (Fsp3) is 0.727. The lowest BCUT2D eigenvalue weighted by Crippen LogP contribution is -2.40. The van der Waals surface area contributed by atoms with Gasteiger partial charge in [0.2, 0.25) is 0 Å². The topological polar surface area (TPSA) is 34.1 Å². The Balaban J connectivity index is 1.81. The van der Waals surface area contributed by atoms with Crippen molar-refractivity contribution in [2.45, 2.75) is 33.0 Å². The van der Waals surface area contributed by atoms with E-state index in [0.717, 1.165) is 18.1 Å². The molecule has 1 aliphatic heterocycles. The minimum atomic E-state index is 0.362. The van der Waals surface area contributed by atoms with Crippen LogP contribution in [-0.2, 0) is 11.3 Å². The molecule has 4 heteroatoms. The monoisotopic (exact) mass is 226 g/mol. The molecule has 1 aromatic rings. The van der Waals surface area contributed by atoms with Crippen LogP contribution in [-0.4, -0.2) is 24.2 Å². The molecule has 15 heavy (non-hydrogen) atoms. The molecule has 0 radical (unpaired) electrons. The first kappa shape index (κ1) is 11.0. The van der Waals surface area contributed by atoms with Gasteiger partial charge in [0.15, 0.2) is 0 Å². The van der Waals surface area contributed by atoms with Gasteiger partial charge in [-0.3, -0.25) is 0 Å². The van der Waals surface area contributed by atoms with Gasteiger partial charge in [-0.2, -0.15) is 0 Å². The molecule has 2 heterocycles. The van der Waals surface area contributed by atoms with E-state index in [1.165, 1.54) is 11.3 Å². The van der Waals surface area contributed by atoms with Gasteiger partial charge in [-0.05, 0) is 25.8 Å². The van der Waals surface area contributed by atoms with Crippen molar-refractivity contribution in [3.63, 3.8) is 0 Å². The molecule has 0 aliphatic carbocycles. The van der Waals surface area contributed by atoms with E-state index in [4.69, 9.17) is 4.74 Å². The molecule has 1 aromatic heterocycles. The summed E-state index contributed by atoms with van der Waals surface area (Å²) in [6.07, 6.45) is 3.49. The first-order valence-corrected chi connectivity index (χ1v) is 6.31. The van der Waals surface area contributed by atoms with Crippen LogP contribution in [0.15, 0.2) is 6.20 Å². The van der Waals surface area contributed by atoms with Gasteiger partial charge in [0.05, 0.1) is 22.6 Å². The maximum Gasteiger partial charge on any atom is 0.0897 e. The van der Waals surface area contributed by atoms with E-state index in [1.807, 2.05) is 13.1 Å². The summed E-state index contributed by atoms with van der Waals surface area (Å²) < 4.78 is 5.90. The van der Waals surface area contributed by atoms with Gasteiger partial charge in [0, 0.05) is 12.7 Å². The number of nitrogens with zero attached hydrogens (tertiary/aromatic N) is 1. The fourth-order valence-corrected chi connectivity index (χ4v) is 2.56. The first-order valence-electron chi connectivity index (χ1n) is 5.49. The number of rotatable bonds is 3. The van der Waals surface area contributed by atoms with Gasteiger partial charge in [0.1, 0.15) is 0 Å². The third-order valence-electron chi connectivity index (χ3n) is 2.87. The zero-order valence-electron chi connectivity index (χ0n) is 9.32. The van der Waals surface area contributed by atoms with Crippen molar-refractivity contribution in [1.29, 1.82) is 0 Å². The van der Waals surface area contributed by atoms with Crippen molar-refractivity contribution in [2.75, 3.05) is 13.1 Å². The summed E-state index contributed by atoms with van der Waals surface area (Å²) in [5.41, 5.74) is 0. The summed E-state index contributed by atoms with van der Waals surface area (Å²) in [7, 11) is 0. The number of hydrogen-bond donors (Lipinski definition) is 1. The predicted octanol–water partition coefficient (Wildman–Crippen LogP) is 1.97. The molecule has 2 atom stereocenters. The Labute approximate surface area is 94.9 Å². The highest BCUT2D eigenvalue weighted by molar-refractivity contribution is 7.11. The summed E-state index contributed by atoms with van der Waals surface area (Å²) in [6, 6.07) is 0. The molecular formula is C11H18N2OS. The van der Waals surface area contributed by atoms with Crippen molar-refractivity contribution in [3.8, 4) is 0 Å². The van der Waals surface area contributed by atoms with Crippen molar-refractivity contribution >= 4 is 11.3 Å². The van der Waals surface area contributed by atoms with E-state index in [-0.39, 0.29) is 0 Å². The zero-order chi connectivity index (χ0) is 10.7. The van der Waals surface area contributed by atoms with Crippen LogP contribution in [0.2, 0.25) is 0 Å². The van der Waals surface area contributed by atoms with Crippen LogP contribution >= 0.6 is 11.3 Å². The average Bonchev–Trinajstić information content (AvgIpc) is 2.63. The molecular weight excluding hydrogens is 208 g/mol. The molecule has 1 N–H and O–H groups in total. The normalized spacial score (nSPS) is 26.8. The van der Waals surface area contributed by atoms with E-state index in [2.05, 4.69) is 17.2 Å². The van der Waals surface area contributed by atoms with Crippen LogP contribution in [0.5, 0.6) is 0 Å². The minimum Gasteiger partial charge on any atom is -0.371 e. The van der Waals surface area contributed by atoms with Crippen LogP contribution in [0.1, 0.15) is 23.2 Å². The first-order chi connectivity index (χ1) is 7.25. The van der Waals surface area contributed by atoms with Crippen molar-refractivity contribution in [1.82, 2.24) is 10.3 Å². The molecule has 2 rings (SSSR count). The third-order valence-corrected chi connectivity index (χ3v) is 3.75. The number of aromatic nitrogens is 1. The quantitative estimate of drug-likeness (QED) is 0.855. The fourth-order valence-electron chi connectivity index (χ4n) is 1.85. The minimum absolute atomic E-state index is 0.362. The van der Waals surface area contributed by atoms with Crippen LogP contribution in [0.25, 0.3) is 0 Å². The molecule has 2 unspecified atom stereocenters. The third kappa shape index (κ3) is 3.00. The SMILES string of the molecule is Cc1ncc(COC2CNCCC2C)s1. The van der Waals surface area contributed by atoms with Crippen molar-refractivity contribution in [2.24, 2.45) is 5.92 Å². The maximum atomic E-state index is 5.90. The Morgan fingerprint density at radius 1 is 1.67 bits per heavy atom. The Hall–Kier alpha value is -0.450. The van der Waals surface area contributed by atoms with Gasteiger partial charge in [-0.15, -0.1) is 11.3 Å². The van der Waals surface area contributed by atoms with E-state index in [1.54, 1.807) is 11.3 Å². The Morgan fingerprint density at radius 2 is 2.53 bits per heavy atom. The van der Waals surface area contributed by atoms with E-state index in [0.29, 0.717) is 18.6 Å². The Kier molecular flexibility index (Phi) is 3.72. The van der Waals surface area contributed by atoms with Gasteiger partial charge >= 0.3 is 0 Å². The lowest BCUT2D eigenvalue weighted by atomic mass is 9.97. The van der Waals surface area contributed by atoms with Crippen molar-refractivity contribution < 1.29 is 4.74 Å². The number of piperidine rings is 1. The molecule has 3 nitrogen and oxygen atoms in total. The number of thiazole rings is 1. The highest BCUT2D eigenvalue weighted by atomic mass is 32.1. The van der Waals surface area contributed by atoms with Crippen LogP contribution in [0.3, 0.4) is 0 Å². The Bertz CT molecular complexity index is 313. The average molecular weight is 226 g/mol. The van der Waals surface area contributed by atoms with E-state index >= 15 is 0 Å². The van der Waals surface area contributed by atoms with Gasteiger partial charge in [0.25, 0.3) is 0 Å². The summed E-state index contributed by atoms with van der Waals surface area (Å²) in [5.74, 6) is 0.667. The second kappa shape index (κ2) is 5.05. The summed E-state index contributed by atoms with van der Waals surface area (Å²) in [5, 5.41) is 4.48. The molecule has 1 aliphatic rings. The van der Waals surface area contributed by atoms with Gasteiger partial charge in [-0.25, -0.2) is 4.98 Å². The van der Waals surface area contributed by atoms with Crippen LogP contribution in [0.4, 0.5) is 0 Å². The van der Waals surface area contributed by atoms with Gasteiger partial charge in [-0.1, -0.05) is 6.92 Å². The lowest BCUT2D eigenvalue weighted by molar-refractivity contribution is -0.00546. The number of nitrogens with one attached hydrogen (secondary N) is 1. The molecule has 1 fully saturated rings. The predicted molar refractivity (Wildman–Crippen MR) is 62.1 cm³/mol. The standard InChI is InChI=1S/C11H18N2OS/c1-8-3-4-12-6-11(8)14-7-10-5-13-9(2)15-10/h5,8,11-12H,3-4,6-7H2,1-2H3. The maximum absolute atomic E-state index is 5.90. The van der Waals surface area contributed by atoms with Gasteiger partial charge < -0.3 is 10.1 Å². The summed E-state index contributed by atoms with van der Waals surface area (Å²) in [6.45, 7) is 7.12. The van der Waals surface area contributed by atoms with Crippen LogP contribution < -0.4 is 5.32 Å². The smallest absolute Gasteiger partial charge is 0.0897 e. The second-order valence-electron chi connectivity index (χ2n) is 4.17. The zero-order valence-corrected chi connectivity index (χ0v) is 10.1. The molecule has 1 saturated heterocycles. The summed E-state index contributed by atoms with van der Waals surface area (Å²) >= 11 is 1.72. The van der Waals surface area contributed by atoms with Crippen LogP contribution in [0, 0.1) is 12.8 Å². The summed E-state index contributed by atoms with van der Waals surface area (Å²) in [4.78, 5) is 5.45. The number of hydrogen-bond acceptors (Lipinski definition) is 4. The molecule has 84 valence electrons. The number of aryl methyl sites for hydroxylation is 1. The lowest BCUT2D eigenvalue weighted by Gasteiger charge is -2.29. The number of ether oxygens (including phenoxy) is 1. The molecule has 0 spiro atoms. The molecule has 0 bridgehead atoms. The van der Waals surface area contributed by atoms with E-state index < -0.39 is 0 Å². The largest absolute Gasteiger partial charge is 0.371 e. The Morgan fingerprint density at radius 3 is 3.20 bits per heavy atom. The highest BCUT2D eigenvalue weighted by Gasteiger charge is 2.21. The second-order valence-corrected chi connectivity index (χ2v) is 5.48. The van der Waals surface area contributed by atoms with Crippen molar-refractivity contribution in [3.05, 3.63) is 16.1 Å². The van der Waals surface area contributed by atoms with E-state index in [9.17, 15) is 0 Å². The highest BCUT2D eigenvalue weighted by Crippen LogP contribution is 2.18.